The highest BCUT2D eigenvalue weighted by atomic mass is 14.9. The molecule has 16 heavy (non-hydrogen) atoms. The van der Waals surface area contributed by atoms with Crippen molar-refractivity contribution in [3.63, 3.8) is 0 Å². The fourth-order valence-electron chi connectivity index (χ4n) is 3.82. The third kappa shape index (κ3) is 3.00. The lowest BCUT2D eigenvalue weighted by Gasteiger charge is -2.39. The van der Waals surface area contributed by atoms with Gasteiger partial charge in [-0.2, -0.15) is 0 Å². The second-order valence-electron chi connectivity index (χ2n) is 7.16. The van der Waals surface area contributed by atoms with Gasteiger partial charge in [-0.15, -0.1) is 0 Å². The van der Waals surface area contributed by atoms with Crippen LogP contribution in [-0.4, -0.2) is 12.6 Å². The first-order chi connectivity index (χ1) is 7.57. The maximum absolute atomic E-state index is 2.64. The molecular formula is C15H30N+. The van der Waals surface area contributed by atoms with Crippen LogP contribution in [0.5, 0.6) is 0 Å². The highest BCUT2D eigenvalue weighted by Gasteiger charge is 2.34. The van der Waals surface area contributed by atoms with Crippen LogP contribution in [0.4, 0.5) is 0 Å². The second-order valence-corrected chi connectivity index (χ2v) is 7.16. The minimum atomic E-state index is 0.543. The Kier molecular flexibility index (Phi) is 3.94. The molecule has 2 rings (SSSR count). The van der Waals surface area contributed by atoms with Gasteiger partial charge >= 0.3 is 0 Å². The summed E-state index contributed by atoms with van der Waals surface area (Å²) in [7, 11) is 0. The van der Waals surface area contributed by atoms with Gasteiger partial charge in [0.1, 0.15) is 0 Å². The van der Waals surface area contributed by atoms with Crippen molar-refractivity contribution in [3.8, 4) is 0 Å². The summed E-state index contributed by atoms with van der Waals surface area (Å²) in [5.41, 5.74) is 0.543. The molecule has 1 aliphatic heterocycles. The molecule has 0 bridgehead atoms. The lowest BCUT2D eigenvalue weighted by Crippen LogP contribution is -2.92. The molecule has 2 fully saturated rings. The topological polar surface area (TPSA) is 16.6 Å². The summed E-state index contributed by atoms with van der Waals surface area (Å²) in [4.78, 5) is 0. The first-order valence-electron chi connectivity index (χ1n) is 7.40. The molecule has 2 N–H and O–H groups in total. The van der Waals surface area contributed by atoms with Crippen molar-refractivity contribution in [2.24, 2.45) is 17.3 Å². The normalized spacial score (nSPS) is 37.3. The van der Waals surface area contributed by atoms with Crippen LogP contribution in [0.25, 0.3) is 0 Å². The molecule has 0 aromatic carbocycles. The minimum Gasteiger partial charge on any atom is -0.344 e. The van der Waals surface area contributed by atoms with Gasteiger partial charge in [-0.1, -0.05) is 20.8 Å². The summed E-state index contributed by atoms with van der Waals surface area (Å²) in [6, 6.07) is 0.981. The number of nitrogens with two attached hydrogens (primary N) is 1. The van der Waals surface area contributed by atoms with Gasteiger partial charge in [-0.25, -0.2) is 0 Å². The molecule has 1 atom stereocenters. The van der Waals surface area contributed by atoms with Crippen molar-refractivity contribution < 1.29 is 5.32 Å². The Morgan fingerprint density at radius 2 is 1.56 bits per heavy atom. The Morgan fingerprint density at radius 3 is 2.06 bits per heavy atom. The molecule has 1 saturated carbocycles. The van der Waals surface area contributed by atoms with Crippen LogP contribution in [0.2, 0.25) is 0 Å². The van der Waals surface area contributed by atoms with Gasteiger partial charge in [0.15, 0.2) is 0 Å². The molecule has 0 amide bonds. The van der Waals surface area contributed by atoms with Crippen LogP contribution < -0.4 is 5.32 Å². The molecule has 94 valence electrons. The summed E-state index contributed by atoms with van der Waals surface area (Å²) >= 11 is 0. The molecule has 0 radical (unpaired) electrons. The van der Waals surface area contributed by atoms with E-state index in [9.17, 15) is 0 Å². The third-order valence-corrected chi connectivity index (χ3v) is 5.06. The molecule has 1 saturated heterocycles. The maximum atomic E-state index is 2.64. The van der Waals surface area contributed by atoms with Gasteiger partial charge in [0.2, 0.25) is 0 Å². The Morgan fingerprint density at radius 1 is 0.875 bits per heavy atom. The van der Waals surface area contributed by atoms with Crippen molar-refractivity contribution in [2.45, 2.75) is 71.8 Å². The van der Waals surface area contributed by atoms with E-state index < -0.39 is 0 Å². The average molecular weight is 224 g/mol. The molecule has 1 nitrogen and oxygen atoms in total. The molecule has 0 unspecified atom stereocenters. The summed E-state index contributed by atoms with van der Waals surface area (Å²) in [5, 5.41) is 2.64. The lowest BCUT2D eigenvalue weighted by atomic mass is 9.68. The number of hydrogen-bond acceptors (Lipinski definition) is 0. The molecule has 1 aliphatic carbocycles. The van der Waals surface area contributed by atoms with E-state index in [1.807, 2.05) is 0 Å². The Bertz CT molecular complexity index is 202. The Labute approximate surface area is 101 Å². The molecule has 1 heterocycles. The first kappa shape index (κ1) is 12.4. The van der Waals surface area contributed by atoms with Crippen LogP contribution >= 0.6 is 0 Å². The highest BCUT2D eigenvalue weighted by molar-refractivity contribution is 4.83. The monoisotopic (exact) mass is 224 g/mol. The van der Waals surface area contributed by atoms with Gasteiger partial charge in [0.25, 0.3) is 0 Å². The Hall–Kier alpha value is -0.0400. The van der Waals surface area contributed by atoms with Crippen LogP contribution in [0.3, 0.4) is 0 Å². The first-order valence-corrected chi connectivity index (χ1v) is 7.40. The van der Waals surface area contributed by atoms with E-state index in [4.69, 9.17) is 0 Å². The summed E-state index contributed by atoms with van der Waals surface area (Å²) in [6.07, 6.45) is 10.4. The van der Waals surface area contributed by atoms with Gasteiger partial charge < -0.3 is 5.32 Å². The van der Waals surface area contributed by atoms with E-state index in [1.165, 1.54) is 51.5 Å². The molecule has 0 spiro atoms. The molecule has 0 aromatic heterocycles. The van der Waals surface area contributed by atoms with E-state index in [2.05, 4.69) is 26.1 Å². The summed E-state index contributed by atoms with van der Waals surface area (Å²) < 4.78 is 0. The molecule has 2 aliphatic rings. The highest BCUT2D eigenvalue weighted by Crippen LogP contribution is 2.40. The average Bonchev–Trinajstić information content (AvgIpc) is 2.29. The zero-order chi connectivity index (χ0) is 11.6. The van der Waals surface area contributed by atoms with Gasteiger partial charge in [0.05, 0.1) is 12.6 Å². The fourth-order valence-corrected chi connectivity index (χ4v) is 3.82. The van der Waals surface area contributed by atoms with Crippen molar-refractivity contribution >= 4 is 0 Å². The zero-order valence-corrected chi connectivity index (χ0v) is 11.5. The Balaban J connectivity index is 1.80. The van der Waals surface area contributed by atoms with Crippen LogP contribution in [0.15, 0.2) is 0 Å². The van der Waals surface area contributed by atoms with Crippen LogP contribution in [-0.2, 0) is 0 Å². The number of piperidine rings is 1. The van der Waals surface area contributed by atoms with E-state index >= 15 is 0 Å². The van der Waals surface area contributed by atoms with Gasteiger partial charge in [0, 0.05) is 5.92 Å². The van der Waals surface area contributed by atoms with Crippen molar-refractivity contribution in [1.29, 1.82) is 0 Å². The summed E-state index contributed by atoms with van der Waals surface area (Å²) in [6.45, 7) is 8.66. The standard InChI is InChI=1S/C15H29N/c1-15(2,3)13-9-7-12(8-10-13)14-6-4-5-11-16-14/h12-14,16H,4-11H2,1-3H3/p+1/t12?,13?,14-/m0/s1. The molecule has 0 aromatic rings. The zero-order valence-electron chi connectivity index (χ0n) is 11.5. The minimum absolute atomic E-state index is 0.543. The predicted octanol–water partition coefficient (Wildman–Crippen LogP) is 2.95. The number of quaternary nitrogens is 1. The van der Waals surface area contributed by atoms with E-state index in [0.29, 0.717) is 5.41 Å². The summed E-state index contributed by atoms with van der Waals surface area (Å²) in [5.74, 6) is 2.02. The SMILES string of the molecule is CC(C)(C)C1CCC([C@@H]2CCCC[NH2+]2)CC1. The van der Waals surface area contributed by atoms with Crippen molar-refractivity contribution in [2.75, 3.05) is 6.54 Å². The lowest BCUT2D eigenvalue weighted by molar-refractivity contribution is -0.704. The van der Waals surface area contributed by atoms with Crippen LogP contribution in [0.1, 0.15) is 65.7 Å². The van der Waals surface area contributed by atoms with Crippen molar-refractivity contribution in [1.82, 2.24) is 0 Å². The smallest absolute Gasteiger partial charge is 0.0887 e. The van der Waals surface area contributed by atoms with E-state index in [0.717, 1.165) is 17.9 Å². The fraction of sp³-hybridized carbons (Fsp3) is 1.00. The second kappa shape index (κ2) is 5.08. The molecular weight excluding hydrogens is 194 g/mol. The van der Waals surface area contributed by atoms with E-state index in [1.54, 1.807) is 0 Å². The predicted molar refractivity (Wildman–Crippen MR) is 69.3 cm³/mol. The number of rotatable bonds is 1. The quantitative estimate of drug-likeness (QED) is 0.705. The molecule has 1 heteroatoms. The largest absolute Gasteiger partial charge is 0.344 e. The van der Waals surface area contributed by atoms with Crippen molar-refractivity contribution in [3.05, 3.63) is 0 Å². The van der Waals surface area contributed by atoms with Crippen LogP contribution in [0, 0.1) is 17.3 Å². The number of hydrogen-bond donors (Lipinski definition) is 1. The third-order valence-electron chi connectivity index (χ3n) is 5.06. The van der Waals surface area contributed by atoms with E-state index in [-0.39, 0.29) is 0 Å². The maximum Gasteiger partial charge on any atom is 0.0887 e. The van der Waals surface area contributed by atoms with Gasteiger partial charge in [-0.05, 0) is 56.3 Å². The van der Waals surface area contributed by atoms with Gasteiger partial charge in [-0.3, -0.25) is 0 Å².